The molecule has 3 rings (SSSR count). The molecule has 0 aromatic heterocycles. The quantitative estimate of drug-likeness (QED) is 0.870. The Bertz CT molecular complexity index is 552. The van der Waals surface area contributed by atoms with Crippen molar-refractivity contribution >= 4 is 11.6 Å². The second-order valence-corrected chi connectivity index (χ2v) is 7.08. The van der Waals surface area contributed by atoms with E-state index in [2.05, 4.69) is 5.32 Å². The predicted octanol–water partition coefficient (Wildman–Crippen LogP) is 2.65. The number of anilines is 1. The van der Waals surface area contributed by atoms with Crippen molar-refractivity contribution < 1.29 is 14.6 Å². The van der Waals surface area contributed by atoms with Crippen LogP contribution in [0.2, 0.25) is 0 Å². The van der Waals surface area contributed by atoms with Crippen LogP contribution in [0.4, 0.5) is 5.69 Å². The summed E-state index contributed by atoms with van der Waals surface area (Å²) in [7, 11) is 1.65. The fraction of sp³-hybridized carbons (Fsp3) is 0.632. The van der Waals surface area contributed by atoms with Crippen molar-refractivity contribution in [2.45, 2.75) is 44.1 Å². The van der Waals surface area contributed by atoms with Gasteiger partial charge in [0.05, 0.1) is 7.11 Å². The second kappa shape index (κ2) is 7.43. The Balaban J connectivity index is 1.77. The first-order valence-corrected chi connectivity index (χ1v) is 8.99. The first-order valence-electron chi connectivity index (χ1n) is 8.99. The number of hydrogen-bond acceptors (Lipinski definition) is 4. The van der Waals surface area contributed by atoms with Crippen molar-refractivity contribution in [1.29, 1.82) is 0 Å². The number of methoxy groups -OCH3 is 1. The normalized spacial score (nSPS) is 23.1. The van der Waals surface area contributed by atoms with Crippen LogP contribution in [0.5, 0.6) is 5.75 Å². The molecular weight excluding hydrogens is 304 g/mol. The fourth-order valence-electron chi connectivity index (χ4n) is 3.97. The van der Waals surface area contributed by atoms with Crippen molar-refractivity contribution in [1.82, 2.24) is 4.90 Å². The number of hydrogen-bond donors (Lipinski definition) is 2. The number of nitrogens with one attached hydrogen (secondary N) is 1. The minimum absolute atomic E-state index is 0.169. The molecule has 1 heterocycles. The minimum Gasteiger partial charge on any atom is -0.497 e. The van der Waals surface area contributed by atoms with Gasteiger partial charge < -0.3 is 20.1 Å². The van der Waals surface area contributed by atoms with Crippen LogP contribution < -0.4 is 10.1 Å². The highest BCUT2D eigenvalue weighted by atomic mass is 16.5. The van der Waals surface area contributed by atoms with Gasteiger partial charge in [-0.2, -0.15) is 0 Å². The van der Waals surface area contributed by atoms with Crippen LogP contribution in [0.15, 0.2) is 24.3 Å². The molecule has 1 aromatic rings. The van der Waals surface area contributed by atoms with Crippen LogP contribution >= 0.6 is 0 Å². The molecule has 5 heteroatoms. The Morgan fingerprint density at radius 2 is 2.00 bits per heavy atom. The lowest BCUT2D eigenvalue weighted by molar-refractivity contribution is -0.136. The molecule has 1 amide bonds. The molecule has 1 saturated carbocycles. The number of ether oxygens (including phenoxy) is 1. The molecule has 132 valence electrons. The van der Waals surface area contributed by atoms with Crippen molar-refractivity contribution in [2.75, 3.05) is 32.1 Å². The average Bonchev–Trinajstić information content (AvgIpc) is 3.11. The lowest BCUT2D eigenvalue weighted by Gasteiger charge is -2.40. The van der Waals surface area contributed by atoms with Gasteiger partial charge in [0.1, 0.15) is 11.3 Å². The summed E-state index contributed by atoms with van der Waals surface area (Å²) in [5, 5.41) is 12.9. The number of rotatable bonds is 5. The molecule has 5 nitrogen and oxygen atoms in total. The third kappa shape index (κ3) is 3.51. The summed E-state index contributed by atoms with van der Waals surface area (Å²) in [6.07, 6.45) is 5.99. The van der Waals surface area contributed by atoms with Crippen LogP contribution in [0.25, 0.3) is 0 Å². The molecule has 1 aliphatic heterocycles. The number of amides is 1. The number of aliphatic hydroxyl groups is 1. The summed E-state index contributed by atoms with van der Waals surface area (Å²) in [5.74, 6) is 1.25. The van der Waals surface area contributed by atoms with Crippen molar-refractivity contribution in [3.05, 3.63) is 24.3 Å². The lowest BCUT2D eigenvalue weighted by Crippen LogP contribution is -2.54. The lowest BCUT2D eigenvalue weighted by atomic mass is 9.80. The highest BCUT2D eigenvalue weighted by Crippen LogP contribution is 2.35. The van der Waals surface area contributed by atoms with Crippen molar-refractivity contribution in [3.63, 3.8) is 0 Å². The maximum atomic E-state index is 13.3. The maximum absolute atomic E-state index is 13.3. The van der Waals surface area contributed by atoms with E-state index in [1.54, 1.807) is 7.11 Å². The van der Waals surface area contributed by atoms with E-state index in [0.717, 1.165) is 50.1 Å². The number of carbonyl (C=O) groups excluding carboxylic acids is 1. The summed E-state index contributed by atoms with van der Waals surface area (Å²) < 4.78 is 5.21. The van der Waals surface area contributed by atoms with Gasteiger partial charge in [-0.15, -0.1) is 0 Å². The van der Waals surface area contributed by atoms with Crippen LogP contribution in [-0.2, 0) is 4.79 Å². The highest BCUT2D eigenvalue weighted by Gasteiger charge is 2.43. The summed E-state index contributed by atoms with van der Waals surface area (Å²) in [6, 6.07) is 7.79. The van der Waals surface area contributed by atoms with Gasteiger partial charge in [-0.05, 0) is 43.5 Å². The molecule has 1 aliphatic carbocycles. The Labute approximate surface area is 144 Å². The first-order chi connectivity index (χ1) is 11.7. The molecule has 0 bridgehead atoms. The summed E-state index contributed by atoms with van der Waals surface area (Å²) in [5.41, 5.74) is 0.459. The third-order valence-corrected chi connectivity index (χ3v) is 5.42. The zero-order chi connectivity index (χ0) is 17.0. The highest BCUT2D eigenvalue weighted by molar-refractivity contribution is 5.90. The zero-order valence-corrected chi connectivity index (χ0v) is 14.5. The van der Waals surface area contributed by atoms with Gasteiger partial charge in [-0.3, -0.25) is 4.79 Å². The third-order valence-electron chi connectivity index (χ3n) is 5.42. The number of benzene rings is 1. The molecule has 0 unspecified atom stereocenters. The topological polar surface area (TPSA) is 61.8 Å². The molecule has 2 fully saturated rings. The van der Waals surface area contributed by atoms with E-state index in [0.29, 0.717) is 6.54 Å². The number of carbonyl (C=O) groups is 1. The van der Waals surface area contributed by atoms with Gasteiger partial charge in [0.25, 0.3) is 0 Å². The van der Waals surface area contributed by atoms with Crippen molar-refractivity contribution in [2.24, 2.45) is 5.92 Å². The SMILES string of the molecule is COc1ccc(NC2(C(=O)N3CC[C@H](CO)C3)CCCCC2)cc1. The molecule has 2 aliphatic rings. The smallest absolute Gasteiger partial charge is 0.248 e. The molecule has 1 atom stereocenters. The molecule has 24 heavy (non-hydrogen) atoms. The zero-order valence-electron chi connectivity index (χ0n) is 14.5. The predicted molar refractivity (Wildman–Crippen MR) is 94.2 cm³/mol. The van der Waals surface area contributed by atoms with Crippen LogP contribution in [-0.4, -0.2) is 48.3 Å². The Kier molecular flexibility index (Phi) is 5.29. The largest absolute Gasteiger partial charge is 0.497 e. The van der Waals surface area contributed by atoms with Gasteiger partial charge in [-0.1, -0.05) is 19.3 Å². The molecule has 0 radical (unpaired) electrons. The van der Waals surface area contributed by atoms with E-state index in [1.165, 1.54) is 6.42 Å². The number of likely N-dealkylation sites (tertiary alicyclic amines) is 1. The monoisotopic (exact) mass is 332 g/mol. The first kappa shape index (κ1) is 17.1. The Morgan fingerprint density at radius 3 is 2.58 bits per heavy atom. The van der Waals surface area contributed by atoms with Crippen LogP contribution in [0, 0.1) is 5.92 Å². The van der Waals surface area contributed by atoms with Crippen molar-refractivity contribution in [3.8, 4) is 5.75 Å². The summed E-state index contributed by atoms with van der Waals surface area (Å²) in [6.45, 7) is 1.61. The van der Waals surface area contributed by atoms with Gasteiger partial charge in [0, 0.05) is 31.3 Å². The average molecular weight is 332 g/mol. The Hall–Kier alpha value is -1.75. The molecule has 0 spiro atoms. The number of aliphatic hydroxyl groups excluding tert-OH is 1. The van der Waals surface area contributed by atoms with E-state index in [-0.39, 0.29) is 18.4 Å². The van der Waals surface area contributed by atoms with Gasteiger partial charge in [0.15, 0.2) is 0 Å². The second-order valence-electron chi connectivity index (χ2n) is 7.08. The fourth-order valence-corrected chi connectivity index (χ4v) is 3.97. The van der Waals surface area contributed by atoms with E-state index in [9.17, 15) is 9.90 Å². The maximum Gasteiger partial charge on any atom is 0.248 e. The van der Waals surface area contributed by atoms with Gasteiger partial charge >= 0.3 is 0 Å². The summed E-state index contributed by atoms with van der Waals surface area (Å²) in [4.78, 5) is 15.2. The van der Waals surface area contributed by atoms with E-state index in [4.69, 9.17) is 4.74 Å². The number of nitrogens with zero attached hydrogens (tertiary/aromatic N) is 1. The van der Waals surface area contributed by atoms with Crippen LogP contribution in [0.1, 0.15) is 38.5 Å². The van der Waals surface area contributed by atoms with Gasteiger partial charge in [-0.25, -0.2) is 0 Å². The Morgan fingerprint density at radius 1 is 1.29 bits per heavy atom. The van der Waals surface area contributed by atoms with Gasteiger partial charge in [0.2, 0.25) is 5.91 Å². The van der Waals surface area contributed by atoms with E-state index >= 15 is 0 Å². The molecular formula is C19H28N2O3. The summed E-state index contributed by atoms with van der Waals surface area (Å²) >= 11 is 0. The molecule has 2 N–H and O–H groups in total. The minimum atomic E-state index is -0.503. The van der Waals surface area contributed by atoms with Crippen LogP contribution in [0.3, 0.4) is 0 Å². The van der Waals surface area contributed by atoms with E-state index < -0.39 is 5.54 Å². The molecule has 1 saturated heterocycles. The van der Waals surface area contributed by atoms with E-state index in [1.807, 2.05) is 29.2 Å². The molecule has 1 aromatic carbocycles. The standard InChI is InChI=1S/C19H28N2O3/c1-24-17-7-5-16(6-8-17)20-19(10-3-2-4-11-19)18(23)21-12-9-15(13-21)14-22/h5-8,15,20,22H,2-4,9-14H2,1H3/t15-/m0/s1.